The van der Waals surface area contributed by atoms with Crippen LogP contribution in [0, 0.1) is 11.6 Å². The van der Waals surface area contributed by atoms with Crippen LogP contribution in [0.3, 0.4) is 0 Å². The highest BCUT2D eigenvalue weighted by atomic mass is 79.9. The van der Waals surface area contributed by atoms with E-state index in [1.807, 2.05) is 0 Å². The van der Waals surface area contributed by atoms with Crippen molar-refractivity contribution in [1.29, 1.82) is 0 Å². The Balaban J connectivity index is 3.09. The van der Waals surface area contributed by atoms with Crippen molar-refractivity contribution >= 4 is 15.9 Å². The number of halogens is 3. The Morgan fingerprint density at radius 2 is 2.08 bits per heavy atom. The van der Waals surface area contributed by atoms with E-state index in [1.165, 1.54) is 6.07 Å². The predicted molar refractivity (Wildman–Crippen MR) is 45.2 cm³/mol. The highest BCUT2D eigenvalue weighted by Gasteiger charge is 2.10. The molecule has 0 amide bonds. The monoisotopic (exact) mass is 236 g/mol. The van der Waals surface area contributed by atoms with E-state index in [1.54, 1.807) is 6.92 Å². The first-order valence-electron chi connectivity index (χ1n) is 3.42. The lowest BCUT2D eigenvalue weighted by Gasteiger charge is -2.04. The Morgan fingerprint density at radius 1 is 1.42 bits per heavy atom. The molecule has 4 heteroatoms. The topological polar surface area (TPSA) is 9.23 Å². The molecule has 0 spiro atoms. The summed E-state index contributed by atoms with van der Waals surface area (Å²) >= 11 is 3.03. The third kappa shape index (κ3) is 1.94. The summed E-state index contributed by atoms with van der Waals surface area (Å²) in [6.45, 7) is 2.02. The van der Waals surface area contributed by atoms with Gasteiger partial charge in [0.2, 0.25) is 5.82 Å². The van der Waals surface area contributed by atoms with Crippen LogP contribution >= 0.6 is 15.9 Å². The molecule has 0 aliphatic rings. The van der Waals surface area contributed by atoms with E-state index >= 15 is 0 Å². The van der Waals surface area contributed by atoms with Crippen molar-refractivity contribution in [1.82, 2.24) is 0 Å². The fraction of sp³-hybridized carbons (Fsp3) is 0.250. The van der Waals surface area contributed by atoms with Gasteiger partial charge >= 0.3 is 0 Å². The third-order valence-corrected chi connectivity index (χ3v) is 1.72. The van der Waals surface area contributed by atoms with Crippen LogP contribution in [-0.4, -0.2) is 6.61 Å². The molecule has 0 saturated heterocycles. The summed E-state index contributed by atoms with van der Waals surface area (Å²) in [5, 5.41) is 0. The molecule has 0 bridgehead atoms. The number of hydrogen-bond acceptors (Lipinski definition) is 1. The van der Waals surface area contributed by atoms with Crippen molar-refractivity contribution in [2.45, 2.75) is 6.92 Å². The first-order valence-corrected chi connectivity index (χ1v) is 4.21. The zero-order chi connectivity index (χ0) is 9.14. The first-order chi connectivity index (χ1) is 5.65. The Kier molecular flexibility index (Phi) is 3.03. The molecule has 0 aliphatic heterocycles. The van der Waals surface area contributed by atoms with Crippen molar-refractivity contribution in [3.05, 3.63) is 28.2 Å². The van der Waals surface area contributed by atoms with Crippen LogP contribution in [0.2, 0.25) is 0 Å². The van der Waals surface area contributed by atoms with Crippen LogP contribution in [0.4, 0.5) is 8.78 Å². The maximum atomic E-state index is 12.8. The van der Waals surface area contributed by atoms with Crippen molar-refractivity contribution in [2.24, 2.45) is 0 Å². The van der Waals surface area contributed by atoms with Crippen LogP contribution in [0.25, 0.3) is 0 Å². The Labute approximate surface area is 77.5 Å². The van der Waals surface area contributed by atoms with E-state index in [9.17, 15) is 8.78 Å². The molecule has 0 radical (unpaired) electrons. The van der Waals surface area contributed by atoms with Crippen LogP contribution in [0.15, 0.2) is 16.6 Å². The number of ether oxygens (including phenoxy) is 1. The van der Waals surface area contributed by atoms with Gasteiger partial charge in [-0.2, -0.15) is 4.39 Å². The van der Waals surface area contributed by atoms with Gasteiger partial charge in [0.25, 0.3) is 0 Å². The lowest BCUT2D eigenvalue weighted by Crippen LogP contribution is -1.96. The molecular formula is C8H7BrF2O. The quantitative estimate of drug-likeness (QED) is 0.718. The molecule has 0 fully saturated rings. The molecule has 0 aromatic heterocycles. The van der Waals surface area contributed by atoms with Crippen LogP contribution in [0.1, 0.15) is 6.92 Å². The molecule has 0 N–H and O–H groups in total. The van der Waals surface area contributed by atoms with Gasteiger partial charge in [-0.25, -0.2) is 4.39 Å². The summed E-state index contributed by atoms with van der Waals surface area (Å²) in [6.07, 6.45) is 0. The lowest BCUT2D eigenvalue weighted by atomic mass is 10.3. The molecule has 1 aromatic rings. The molecule has 12 heavy (non-hydrogen) atoms. The largest absolute Gasteiger partial charge is 0.491 e. The minimum atomic E-state index is -0.944. The van der Waals surface area contributed by atoms with Gasteiger partial charge in [0, 0.05) is 4.47 Å². The van der Waals surface area contributed by atoms with Crippen molar-refractivity contribution < 1.29 is 13.5 Å². The van der Waals surface area contributed by atoms with Gasteiger partial charge in [-0.1, -0.05) is 15.9 Å². The highest BCUT2D eigenvalue weighted by Crippen LogP contribution is 2.24. The summed E-state index contributed by atoms with van der Waals surface area (Å²) in [7, 11) is 0. The van der Waals surface area contributed by atoms with Crippen molar-refractivity contribution in [3.8, 4) is 5.75 Å². The second kappa shape index (κ2) is 3.85. The Bertz CT molecular complexity index is 289. The maximum absolute atomic E-state index is 12.8. The fourth-order valence-electron chi connectivity index (χ4n) is 0.793. The predicted octanol–water partition coefficient (Wildman–Crippen LogP) is 3.13. The van der Waals surface area contributed by atoms with E-state index in [0.717, 1.165) is 6.07 Å². The van der Waals surface area contributed by atoms with E-state index in [2.05, 4.69) is 15.9 Å². The average Bonchev–Trinajstić information content (AvgIpc) is 2.00. The molecule has 0 aliphatic carbocycles. The van der Waals surface area contributed by atoms with E-state index in [4.69, 9.17) is 4.74 Å². The molecule has 1 nitrogen and oxygen atoms in total. The Hall–Kier alpha value is -0.640. The smallest absolute Gasteiger partial charge is 0.200 e. The standard InChI is InChI=1S/C8H7BrF2O/c1-2-12-7-4-5(9)3-6(10)8(7)11/h3-4H,2H2,1H3. The lowest BCUT2D eigenvalue weighted by molar-refractivity contribution is 0.313. The van der Waals surface area contributed by atoms with Crippen LogP contribution in [0.5, 0.6) is 5.75 Å². The molecule has 1 aromatic carbocycles. The molecule has 0 unspecified atom stereocenters. The van der Waals surface area contributed by atoms with Gasteiger partial charge in [-0.3, -0.25) is 0 Å². The van der Waals surface area contributed by atoms with Crippen molar-refractivity contribution in [3.63, 3.8) is 0 Å². The average molecular weight is 237 g/mol. The molecule has 0 heterocycles. The highest BCUT2D eigenvalue weighted by molar-refractivity contribution is 9.10. The SMILES string of the molecule is CCOc1cc(Br)cc(F)c1F. The normalized spacial score (nSPS) is 10.0. The Morgan fingerprint density at radius 3 is 2.67 bits per heavy atom. The molecule has 66 valence electrons. The summed E-state index contributed by atoms with van der Waals surface area (Å²) in [5.74, 6) is -1.92. The number of rotatable bonds is 2. The van der Waals surface area contributed by atoms with E-state index < -0.39 is 11.6 Å². The zero-order valence-electron chi connectivity index (χ0n) is 6.40. The molecular weight excluding hydrogens is 230 g/mol. The van der Waals surface area contributed by atoms with Gasteiger partial charge in [0.15, 0.2) is 11.6 Å². The summed E-state index contributed by atoms with van der Waals surface area (Å²) in [5.41, 5.74) is 0. The second-order valence-corrected chi connectivity index (χ2v) is 3.05. The van der Waals surface area contributed by atoms with E-state index in [0.29, 0.717) is 11.1 Å². The second-order valence-electron chi connectivity index (χ2n) is 2.13. The summed E-state index contributed by atoms with van der Waals surface area (Å²) in [6, 6.07) is 2.44. The van der Waals surface area contributed by atoms with Gasteiger partial charge < -0.3 is 4.74 Å². The van der Waals surface area contributed by atoms with Gasteiger partial charge in [-0.15, -0.1) is 0 Å². The van der Waals surface area contributed by atoms with Gasteiger partial charge in [0.1, 0.15) is 0 Å². The minimum Gasteiger partial charge on any atom is -0.491 e. The van der Waals surface area contributed by atoms with Gasteiger partial charge in [-0.05, 0) is 19.1 Å². The maximum Gasteiger partial charge on any atom is 0.200 e. The fourth-order valence-corrected chi connectivity index (χ4v) is 1.20. The summed E-state index contributed by atoms with van der Waals surface area (Å²) < 4.78 is 30.8. The molecule has 1 rings (SSSR count). The van der Waals surface area contributed by atoms with Crippen molar-refractivity contribution in [2.75, 3.05) is 6.61 Å². The first kappa shape index (κ1) is 9.45. The van der Waals surface area contributed by atoms with E-state index in [-0.39, 0.29) is 5.75 Å². The minimum absolute atomic E-state index is 0.0654. The molecule has 0 atom stereocenters. The summed E-state index contributed by atoms with van der Waals surface area (Å²) in [4.78, 5) is 0. The van der Waals surface area contributed by atoms with Crippen LogP contribution in [-0.2, 0) is 0 Å². The molecule has 0 saturated carbocycles. The van der Waals surface area contributed by atoms with Gasteiger partial charge in [0.05, 0.1) is 6.61 Å². The number of hydrogen-bond donors (Lipinski definition) is 0. The third-order valence-electron chi connectivity index (χ3n) is 1.26. The zero-order valence-corrected chi connectivity index (χ0v) is 7.99. The number of benzene rings is 1. The van der Waals surface area contributed by atoms with Crippen LogP contribution < -0.4 is 4.74 Å².